The highest BCUT2D eigenvalue weighted by atomic mass is 16.7. The van der Waals surface area contributed by atoms with Gasteiger partial charge in [0.1, 0.15) is 0 Å². The Labute approximate surface area is 139 Å². The van der Waals surface area contributed by atoms with E-state index in [1.165, 1.54) is 0 Å². The highest BCUT2D eigenvalue weighted by Gasteiger charge is 2.21. The predicted molar refractivity (Wildman–Crippen MR) is 86.4 cm³/mol. The molecule has 2 aromatic rings. The van der Waals surface area contributed by atoms with Gasteiger partial charge in [0.2, 0.25) is 13.6 Å². The summed E-state index contributed by atoms with van der Waals surface area (Å²) >= 11 is 0. The number of nitrogens with one attached hydrogen (secondary N) is 1. The van der Waals surface area contributed by atoms with E-state index in [0.717, 1.165) is 22.6 Å². The molecule has 0 fully saturated rings. The number of aliphatic hydroxyl groups excluding tert-OH is 1. The van der Waals surface area contributed by atoms with Crippen LogP contribution in [0.15, 0.2) is 36.4 Å². The SMILES string of the molecule is CC(NCc1ccc2c(c1)OCO2)C(O)c1ccc2c(c1)OCO2. The lowest BCUT2D eigenvalue weighted by Gasteiger charge is -2.21. The molecule has 2 atom stereocenters. The van der Waals surface area contributed by atoms with Crippen LogP contribution in [0, 0.1) is 0 Å². The zero-order chi connectivity index (χ0) is 16.5. The van der Waals surface area contributed by atoms with E-state index < -0.39 is 6.10 Å². The van der Waals surface area contributed by atoms with E-state index in [4.69, 9.17) is 18.9 Å². The molecule has 2 unspecified atom stereocenters. The average molecular weight is 329 g/mol. The van der Waals surface area contributed by atoms with Crippen molar-refractivity contribution in [2.45, 2.75) is 25.6 Å². The number of aliphatic hydroxyl groups is 1. The Hall–Kier alpha value is -2.44. The number of fused-ring (bicyclic) bond motifs is 2. The second-order valence-electron chi connectivity index (χ2n) is 5.91. The zero-order valence-electron chi connectivity index (χ0n) is 13.3. The lowest BCUT2D eigenvalue weighted by atomic mass is 10.0. The van der Waals surface area contributed by atoms with Crippen molar-refractivity contribution in [3.63, 3.8) is 0 Å². The van der Waals surface area contributed by atoms with Crippen molar-refractivity contribution < 1.29 is 24.1 Å². The third-order valence-corrected chi connectivity index (χ3v) is 4.28. The fourth-order valence-corrected chi connectivity index (χ4v) is 2.83. The smallest absolute Gasteiger partial charge is 0.231 e. The van der Waals surface area contributed by atoms with Crippen LogP contribution in [-0.2, 0) is 6.54 Å². The topological polar surface area (TPSA) is 69.2 Å². The van der Waals surface area contributed by atoms with Crippen molar-refractivity contribution in [1.82, 2.24) is 5.32 Å². The molecule has 2 N–H and O–H groups in total. The van der Waals surface area contributed by atoms with Gasteiger partial charge in [0.15, 0.2) is 23.0 Å². The van der Waals surface area contributed by atoms with E-state index in [2.05, 4.69) is 5.32 Å². The number of benzene rings is 2. The van der Waals surface area contributed by atoms with Crippen LogP contribution in [0.25, 0.3) is 0 Å². The van der Waals surface area contributed by atoms with Crippen LogP contribution in [0.3, 0.4) is 0 Å². The molecule has 4 rings (SSSR count). The molecule has 0 spiro atoms. The first-order valence-corrected chi connectivity index (χ1v) is 7.90. The summed E-state index contributed by atoms with van der Waals surface area (Å²) in [5, 5.41) is 13.9. The highest BCUT2D eigenvalue weighted by molar-refractivity contribution is 5.46. The van der Waals surface area contributed by atoms with Crippen molar-refractivity contribution in [2.24, 2.45) is 0 Å². The fraction of sp³-hybridized carbons (Fsp3) is 0.333. The molecule has 0 bridgehead atoms. The molecule has 6 heteroatoms. The van der Waals surface area contributed by atoms with Crippen LogP contribution in [-0.4, -0.2) is 24.7 Å². The van der Waals surface area contributed by atoms with Crippen molar-refractivity contribution in [3.8, 4) is 23.0 Å². The average Bonchev–Trinajstić information content (AvgIpc) is 3.26. The first-order chi connectivity index (χ1) is 11.7. The highest BCUT2D eigenvalue weighted by Crippen LogP contribution is 2.35. The molecule has 0 radical (unpaired) electrons. The normalized spacial score (nSPS) is 16.9. The van der Waals surface area contributed by atoms with Gasteiger partial charge in [-0.2, -0.15) is 0 Å². The summed E-state index contributed by atoms with van der Waals surface area (Å²) in [6.07, 6.45) is -0.645. The Morgan fingerprint density at radius 3 is 2.29 bits per heavy atom. The lowest BCUT2D eigenvalue weighted by molar-refractivity contribution is 0.135. The zero-order valence-corrected chi connectivity index (χ0v) is 13.3. The maximum atomic E-state index is 10.5. The first kappa shape index (κ1) is 15.1. The van der Waals surface area contributed by atoms with E-state index in [9.17, 15) is 5.11 Å². The van der Waals surface area contributed by atoms with Crippen LogP contribution >= 0.6 is 0 Å². The Morgan fingerprint density at radius 2 is 1.54 bits per heavy atom. The van der Waals surface area contributed by atoms with Gasteiger partial charge in [-0.25, -0.2) is 0 Å². The van der Waals surface area contributed by atoms with Crippen LogP contribution < -0.4 is 24.3 Å². The quantitative estimate of drug-likeness (QED) is 0.878. The third kappa shape index (κ3) is 2.86. The minimum Gasteiger partial charge on any atom is -0.454 e. The van der Waals surface area contributed by atoms with Crippen LogP contribution in [0.2, 0.25) is 0 Å². The molecule has 2 aliphatic rings. The second kappa shape index (κ2) is 6.22. The van der Waals surface area contributed by atoms with Crippen LogP contribution in [0.1, 0.15) is 24.2 Å². The van der Waals surface area contributed by atoms with E-state index in [-0.39, 0.29) is 19.6 Å². The molecule has 24 heavy (non-hydrogen) atoms. The Bertz CT molecular complexity index is 748. The van der Waals surface area contributed by atoms with Crippen LogP contribution in [0.5, 0.6) is 23.0 Å². The molecule has 0 amide bonds. The minimum absolute atomic E-state index is 0.129. The van der Waals surface area contributed by atoms with Crippen molar-refractivity contribution in [1.29, 1.82) is 0 Å². The number of hydrogen-bond acceptors (Lipinski definition) is 6. The molecule has 0 saturated carbocycles. The lowest BCUT2D eigenvalue weighted by Crippen LogP contribution is -2.31. The molecule has 2 heterocycles. The summed E-state index contributed by atoms with van der Waals surface area (Å²) in [4.78, 5) is 0. The molecule has 0 aromatic heterocycles. The largest absolute Gasteiger partial charge is 0.454 e. The molecular weight excluding hydrogens is 310 g/mol. The summed E-state index contributed by atoms with van der Waals surface area (Å²) in [7, 11) is 0. The molecule has 2 aromatic carbocycles. The van der Waals surface area contributed by atoms with E-state index in [1.807, 2.05) is 43.3 Å². The van der Waals surface area contributed by atoms with Crippen molar-refractivity contribution >= 4 is 0 Å². The monoisotopic (exact) mass is 329 g/mol. The van der Waals surface area contributed by atoms with Gasteiger partial charge in [-0.3, -0.25) is 0 Å². The van der Waals surface area contributed by atoms with Gasteiger partial charge in [0.25, 0.3) is 0 Å². The minimum atomic E-state index is -0.645. The van der Waals surface area contributed by atoms with Gasteiger partial charge in [-0.05, 0) is 42.3 Å². The maximum Gasteiger partial charge on any atom is 0.231 e. The molecular formula is C18H19NO5. The predicted octanol–water partition coefficient (Wildman–Crippen LogP) is 2.36. The van der Waals surface area contributed by atoms with Crippen LogP contribution in [0.4, 0.5) is 0 Å². The molecule has 2 aliphatic heterocycles. The summed E-state index contributed by atoms with van der Waals surface area (Å²) < 4.78 is 21.3. The van der Waals surface area contributed by atoms with E-state index >= 15 is 0 Å². The Morgan fingerprint density at radius 1 is 0.917 bits per heavy atom. The van der Waals surface area contributed by atoms with Gasteiger partial charge < -0.3 is 29.4 Å². The number of hydrogen-bond donors (Lipinski definition) is 2. The third-order valence-electron chi connectivity index (χ3n) is 4.28. The Kier molecular flexibility index (Phi) is 3.92. The maximum absolute atomic E-state index is 10.5. The van der Waals surface area contributed by atoms with Gasteiger partial charge in [0, 0.05) is 12.6 Å². The fourth-order valence-electron chi connectivity index (χ4n) is 2.83. The Balaban J connectivity index is 1.39. The van der Waals surface area contributed by atoms with Crippen molar-refractivity contribution in [3.05, 3.63) is 47.5 Å². The first-order valence-electron chi connectivity index (χ1n) is 7.90. The van der Waals surface area contributed by atoms with E-state index in [1.54, 1.807) is 0 Å². The van der Waals surface area contributed by atoms with E-state index in [0.29, 0.717) is 18.0 Å². The van der Waals surface area contributed by atoms with Gasteiger partial charge in [-0.15, -0.1) is 0 Å². The summed E-state index contributed by atoms with van der Waals surface area (Å²) in [6.45, 7) is 3.07. The summed E-state index contributed by atoms with van der Waals surface area (Å²) in [5.74, 6) is 2.92. The standard InChI is InChI=1S/C18H19NO5/c1-11(18(20)13-3-5-15-17(7-13)24-10-22-15)19-8-12-2-4-14-16(6-12)23-9-21-14/h2-7,11,18-20H,8-10H2,1H3. The number of rotatable bonds is 5. The molecule has 6 nitrogen and oxygen atoms in total. The van der Waals surface area contributed by atoms with Gasteiger partial charge >= 0.3 is 0 Å². The van der Waals surface area contributed by atoms with Crippen molar-refractivity contribution in [2.75, 3.05) is 13.6 Å². The van der Waals surface area contributed by atoms with Gasteiger partial charge in [0.05, 0.1) is 6.10 Å². The van der Waals surface area contributed by atoms with Gasteiger partial charge in [-0.1, -0.05) is 12.1 Å². The molecule has 0 aliphatic carbocycles. The molecule has 0 saturated heterocycles. The summed E-state index contributed by atoms with van der Waals surface area (Å²) in [5.41, 5.74) is 1.87. The summed E-state index contributed by atoms with van der Waals surface area (Å²) in [6, 6.07) is 11.2. The number of ether oxygens (including phenoxy) is 4. The second-order valence-corrected chi connectivity index (χ2v) is 5.91. The molecule has 126 valence electrons.